The quantitative estimate of drug-likeness (QED) is 0.161. The van der Waals surface area contributed by atoms with Crippen LogP contribution in [0.4, 0.5) is 17.1 Å². The van der Waals surface area contributed by atoms with Gasteiger partial charge in [-0.3, -0.25) is 0 Å². The van der Waals surface area contributed by atoms with Crippen molar-refractivity contribution >= 4 is 48.6 Å². The molecule has 0 amide bonds. The molecule has 4 bridgehead atoms. The topological polar surface area (TPSA) is 3.24 Å². The summed E-state index contributed by atoms with van der Waals surface area (Å²) >= 11 is 1.89. The van der Waals surface area contributed by atoms with E-state index in [2.05, 4.69) is 207 Å². The average molecular weight is 830 g/mol. The molecular formula is C61H51NS. The Morgan fingerprint density at radius 1 is 0.381 bits per heavy atom. The Hall–Kier alpha value is -6.22. The van der Waals surface area contributed by atoms with E-state index in [1.54, 1.807) is 11.1 Å². The lowest BCUT2D eigenvalue weighted by atomic mass is 9.39. The molecule has 63 heavy (non-hydrogen) atoms. The molecule has 0 aliphatic heterocycles. The normalized spacial score (nSPS) is 22.6. The van der Waals surface area contributed by atoms with E-state index in [9.17, 15) is 0 Å². The van der Waals surface area contributed by atoms with Gasteiger partial charge in [-0.1, -0.05) is 153 Å². The first-order valence-corrected chi connectivity index (χ1v) is 24.1. The Morgan fingerprint density at radius 2 is 0.857 bits per heavy atom. The highest BCUT2D eigenvalue weighted by Gasteiger charge is 2.62. The third-order valence-corrected chi connectivity index (χ3v) is 17.3. The van der Waals surface area contributed by atoms with Crippen molar-refractivity contribution in [2.45, 2.75) is 56.8 Å². The van der Waals surface area contributed by atoms with Gasteiger partial charge in [0.05, 0.1) is 0 Å². The molecule has 1 aromatic heterocycles. The van der Waals surface area contributed by atoms with Crippen molar-refractivity contribution < 1.29 is 0 Å². The molecule has 306 valence electrons. The maximum absolute atomic E-state index is 2.59. The van der Waals surface area contributed by atoms with Crippen molar-refractivity contribution in [2.24, 2.45) is 23.7 Å². The van der Waals surface area contributed by atoms with Gasteiger partial charge in [-0.05, 0) is 160 Å². The van der Waals surface area contributed by atoms with Crippen molar-refractivity contribution in [3.8, 4) is 33.4 Å². The van der Waals surface area contributed by atoms with Gasteiger partial charge in [0.25, 0.3) is 0 Å². The van der Waals surface area contributed by atoms with Gasteiger partial charge in [0, 0.05) is 48.1 Å². The molecule has 14 rings (SSSR count). The third kappa shape index (κ3) is 5.73. The molecule has 0 saturated heterocycles. The second-order valence-corrected chi connectivity index (χ2v) is 20.8. The number of hydrogen-bond acceptors (Lipinski definition) is 2. The van der Waals surface area contributed by atoms with Crippen molar-refractivity contribution in [1.82, 2.24) is 0 Å². The zero-order valence-electron chi connectivity index (χ0n) is 36.1. The molecule has 0 atom stereocenters. The smallest absolute Gasteiger partial charge is 0.0464 e. The summed E-state index contributed by atoms with van der Waals surface area (Å²) in [5.41, 5.74) is 17.3. The minimum absolute atomic E-state index is 0.104. The molecule has 0 radical (unpaired) electrons. The fourth-order valence-electron chi connectivity index (χ4n) is 13.5. The van der Waals surface area contributed by atoms with Crippen molar-refractivity contribution in [3.05, 3.63) is 210 Å². The maximum Gasteiger partial charge on any atom is 0.0464 e. The summed E-state index contributed by atoms with van der Waals surface area (Å²) in [5.74, 6) is 3.27. The Labute approximate surface area is 375 Å². The minimum atomic E-state index is -0.127. The molecule has 4 saturated carbocycles. The fourth-order valence-corrected chi connectivity index (χ4v) is 14.6. The summed E-state index contributed by atoms with van der Waals surface area (Å²) in [6.45, 7) is 4.98. The van der Waals surface area contributed by atoms with Crippen LogP contribution in [0.25, 0.3) is 53.6 Å². The fraction of sp³-hybridized carbons (Fsp3) is 0.213. The molecule has 9 aromatic rings. The molecule has 4 fully saturated rings. The lowest BCUT2D eigenvalue weighted by Crippen LogP contribution is -2.58. The minimum Gasteiger partial charge on any atom is -0.310 e. The summed E-state index contributed by atoms with van der Waals surface area (Å²) in [5, 5.41) is 2.68. The van der Waals surface area contributed by atoms with E-state index in [4.69, 9.17) is 0 Å². The van der Waals surface area contributed by atoms with Crippen LogP contribution in [0.15, 0.2) is 188 Å². The first-order valence-electron chi connectivity index (χ1n) is 23.2. The number of hydrogen-bond donors (Lipinski definition) is 0. The van der Waals surface area contributed by atoms with Crippen LogP contribution in [-0.4, -0.2) is 0 Å². The van der Waals surface area contributed by atoms with Crippen LogP contribution in [-0.2, 0) is 10.8 Å². The largest absolute Gasteiger partial charge is 0.310 e. The second-order valence-electron chi connectivity index (χ2n) is 19.8. The predicted octanol–water partition coefficient (Wildman–Crippen LogP) is 16.9. The number of benzene rings is 8. The molecule has 0 N–H and O–H groups in total. The number of anilines is 3. The summed E-state index contributed by atoms with van der Waals surface area (Å²) in [4.78, 5) is 2.50. The van der Waals surface area contributed by atoms with Crippen LogP contribution in [0, 0.1) is 23.7 Å². The van der Waals surface area contributed by atoms with Gasteiger partial charge >= 0.3 is 0 Å². The molecule has 5 aliphatic carbocycles. The van der Waals surface area contributed by atoms with Crippen LogP contribution in [0.3, 0.4) is 0 Å². The van der Waals surface area contributed by atoms with Gasteiger partial charge in [-0.15, -0.1) is 11.3 Å². The van der Waals surface area contributed by atoms with Gasteiger partial charge < -0.3 is 4.90 Å². The van der Waals surface area contributed by atoms with E-state index in [1.807, 2.05) is 11.3 Å². The van der Waals surface area contributed by atoms with Gasteiger partial charge in [-0.2, -0.15) is 0 Å². The zero-order valence-corrected chi connectivity index (χ0v) is 36.9. The van der Waals surface area contributed by atoms with Crippen LogP contribution < -0.4 is 4.90 Å². The zero-order chi connectivity index (χ0) is 41.9. The SMILES string of the molecule is CC1(C)c2ccccc2C2(c3ccc(N(c4ccc(-c5ccc(-c6ccccc6)cc5)cc4)c4ccc(-c5ccc6c(c5)sc5ccccc56)cc4)cc31)C1CC3CC(C1)CC2C3. The summed E-state index contributed by atoms with van der Waals surface area (Å²) < 4.78 is 2.68. The summed E-state index contributed by atoms with van der Waals surface area (Å²) in [7, 11) is 0. The standard InChI is InChI=1S/C61H51NS/c1-60(2)54-13-7-8-14-55(54)61(47-33-39-32-40(35-47)36-48(61)34-39)56-31-29-51(38-57(56)60)62(49-25-20-44(21-26-49)43-18-16-42(17-19-43)41-10-4-3-5-11-41)50-27-22-45(23-28-50)46-24-30-53-52-12-6-9-15-58(52)63-59(53)37-46/h3-31,37-40,47-48H,32-36H2,1-2H3. The molecule has 1 heterocycles. The maximum atomic E-state index is 2.59. The van der Waals surface area contributed by atoms with E-state index < -0.39 is 0 Å². The summed E-state index contributed by atoms with van der Waals surface area (Å²) in [6, 6.07) is 71.2. The van der Waals surface area contributed by atoms with E-state index in [0.717, 1.165) is 29.4 Å². The van der Waals surface area contributed by atoms with Crippen molar-refractivity contribution in [1.29, 1.82) is 0 Å². The Morgan fingerprint density at radius 3 is 1.51 bits per heavy atom. The van der Waals surface area contributed by atoms with E-state index in [1.165, 1.54) is 108 Å². The lowest BCUT2D eigenvalue weighted by Gasteiger charge is -2.64. The lowest BCUT2D eigenvalue weighted by molar-refractivity contribution is -0.0443. The van der Waals surface area contributed by atoms with Gasteiger partial charge in [0.1, 0.15) is 0 Å². The second kappa shape index (κ2) is 14.1. The number of rotatable bonds is 6. The number of thiophene rings is 1. The van der Waals surface area contributed by atoms with Crippen LogP contribution in [0.1, 0.15) is 68.2 Å². The molecule has 0 unspecified atom stereocenters. The van der Waals surface area contributed by atoms with Crippen LogP contribution in [0.2, 0.25) is 0 Å². The highest BCUT2D eigenvalue weighted by molar-refractivity contribution is 7.25. The average Bonchev–Trinajstić information content (AvgIpc) is 3.70. The highest BCUT2D eigenvalue weighted by atomic mass is 32.1. The van der Waals surface area contributed by atoms with E-state index in [0.29, 0.717) is 0 Å². The Kier molecular flexibility index (Phi) is 8.39. The van der Waals surface area contributed by atoms with Gasteiger partial charge in [-0.25, -0.2) is 0 Å². The Balaban J connectivity index is 0.924. The number of nitrogens with zero attached hydrogens (tertiary/aromatic N) is 1. The highest BCUT2D eigenvalue weighted by Crippen LogP contribution is 2.69. The summed E-state index contributed by atoms with van der Waals surface area (Å²) in [6.07, 6.45) is 7.02. The molecule has 1 nitrogen and oxygen atoms in total. The van der Waals surface area contributed by atoms with Crippen molar-refractivity contribution in [2.75, 3.05) is 4.90 Å². The monoisotopic (exact) mass is 829 g/mol. The molecule has 2 heteroatoms. The third-order valence-electron chi connectivity index (χ3n) is 16.1. The molecule has 1 spiro atoms. The molecule has 8 aromatic carbocycles. The predicted molar refractivity (Wildman–Crippen MR) is 267 cm³/mol. The van der Waals surface area contributed by atoms with Gasteiger partial charge in [0.2, 0.25) is 0 Å². The number of fused-ring (bicyclic) bond motifs is 5. The van der Waals surface area contributed by atoms with Crippen LogP contribution in [0.5, 0.6) is 0 Å². The first-order chi connectivity index (χ1) is 30.9. The first kappa shape index (κ1) is 37.3. The van der Waals surface area contributed by atoms with E-state index >= 15 is 0 Å². The van der Waals surface area contributed by atoms with Crippen molar-refractivity contribution in [3.63, 3.8) is 0 Å². The Bertz CT molecular complexity index is 3160. The molecule has 5 aliphatic rings. The molecular weight excluding hydrogens is 779 g/mol. The van der Waals surface area contributed by atoms with E-state index in [-0.39, 0.29) is 10.8 Å². The van der Waals surface area contributed by atoms with Crippen LogP contribution >= 0.6 is 11.3 Å². The van der Waals surface area contributed by atoms with Gasteiger partial charge in [0.15, 0.2) is 0 Å².